The molecular weight excluding hydrogens is 460 g/mol. The van der Waals surface area contributed by atoms with Crippen molar-refractivity contribution in [3.8, 4) is 11.5 Å². The van der Waals surface area contributed by atoms with Gasteiger partial charge in [0, 0.05) is 5.56 Å². The summed E-state index contributed by atoms with van der Waals surface area (Å²) < 4.78 is 5.72. The minimum Gasteiger partial charge on any atom is -0.411 e. The largest absolute Gasteiger partial charge is 0.411 e. The summed E-state index contributed by atoms with van der Waals surface area (Å²) in [5, 5.41) is 14.2. The molecule has 0 saturated carbocycles. The van der Waals surface area contributed by atoms with Crippen LogP contribution in [-0.4, -0.2) is 27.8 Å². The lowest BCUT2D eigenvalue weighted by Crippen LogP contribution is -2.28. The molecule has 3 aromatic carbocycles. The molecule has 0 fully saturated rings. The number of thioether (sulfide) groups is 1. The summed E-state index contributed by atoms with van der Waals surface area (Å²) in [6.45, 7) is 5.93. The summed E-state index contributed by atoms with van der Waals surface area (Å²) >= 11 is 1.14. The maximum atomic E-state index is 12.9. The molecule has 35 heavy (non-hydrogen) atoms. The molecule has 2 N–H and O–H groups in total. The second-order valence-corrected chi connectivity index (χ2v) is 9.16. The van der Waals surface area contributed by atoms with Crippen LogP contribution in [0, 0.1) is 13.8 Å². The van der Waals surface area contributed by atoms with Crippen LogP contribution in [0.1, 0.15) is 40.0 Å². The lowest BCUT2D eigenvalue weighted by Gasteiger charge is -2.16. The summed E-state index contributed by atoms with van der Waals surface area (Å²) in [6, 6.07) is 22.5. The zero-order valence-electron chi connectivity index (χ0n) is 19.7. The monoisotopic (exact) mass is 486 g/mol. The van der Waals surface area contributed by atoms with Crippen LogP contribution in [0.3, 0.4) is 0 Å². The quantitative estimate of drug-likeness (QED) is 0.316. The smallest absolute Gasteiger partial charge is 0.277 e. The first kappa shape index (κ1) is 24.2. The van der Waals surface area contributed by atoms with Crippen molar-refractivity contribution in [1.29, 1.82) is 0 Å². The van der Waals surface area contributed by atoms with Crippen molar-refractivity contribution in [2.75, 3.05) is 11.1 Å². The Morgan fingerprint density at radius 3 is 2.37 bits per heavy atom. The van der Waals surface area contributed by atoms with Gasteiger partial charge in [0.2, 0.25) is 11.8 Å². The second-order valence-electron chi connectivity index (χ2n) is 8.24. The van der Waals surface area contributed by atoms with Crippen molar-refractivity contribution in [3.63, 3.8) is 0 Å². The molecule has 0 spiro atoms. The molecule has 2 amide bonds. The summed E-state index contributed by atoms with van der Waals surface area (Å²) in [7, 11) is 0. The molecule has 1 heterocycles. The average Bonchev–Trinajstić information content (AvgIpc) is 3.32. The molecule has 1 atom stereocenters. The molecule has 8 heteroatoms. The minimum atomic E-state index is -0.280. The molecule has 0 aliphatic heterocycles. The number of aryl methyl sites for hydroxylation is 2. The van der Waals surface area contributed by atoms with Gasteiger partial charge in [-0.2, -0.15) is 0 Å². The number of nitrogens with one attached hydrogen (secondary N) is 2. The van der Waals surface area contributed by atoms with Gasteiger partial charge in [-0.05, 0) is 50.6 Å². The first-order valence-electron chi connectivity index (χ1n) is 11.2. The average molecular weight is 487 g/mol. The van der Waals surface area contributed by atoms with Gasteiger partial charge in [-0.1, -0.05) is 71.4 Å². The van der Waals surface area contributed by atoms with Gasteiger partial charge in [0.1, 0.15) is 0 Å². The summed E-state index contributed by atoms with van der Waals surface area (Å²) in [4.78, 5) is 25.5. The van der Waals surface area contributed by atoms with Crippen LogP contribution in [0.4, 0.5) is 5.69 Å². The van der Waals surface area contributed by atoms with E-state index in [-0.39, 0.29) is 23.6 Å². The summed E-state index contributed by atoms with van der Waals surface area (Å²) in [5.74, 6) is -0.0723. The van der Waals surface area contributed by atoms with Crippen LogP contribution in [0.25, 0.3) is 11.5 Å². The standard InChI is InChI=1S/C27H26N4O3S/c1-17-13-18(2)15-21(14-17)26-30-31-27(34-26)35-16-24(32)29-23-12-8-7-11-22(23)25(33)28-19(3)20-9-5-4-6-10-20/h4-15,19H,16H2,1-3H3,(H,28,33)(H,29,32)/t19-/m1/s1. The van der Waals surface area contributed by atoms with Crippen molar-refractivity contribution in [3.05, 3.63) is 95.1 Å². The van der Waals surface area contributed by atoms with E-state index in [0.29, 0.717) is 22.4 Å². The van der Waals surface area contributed by atoms with Crippen molar-refractivity contribution in [2.45, 2.75) is 32.0 Å². The van der Waals surface area contributed by atoms with Gasteiger partial charge >= 0.3 is 0 Å². The van der Waals surface area contributed by atoms with Crippen molar-refractivity contribution in [2.24, 2.45) is 0 Å². The van der Waals surface area contributed by atoms with Gasteiger partial charge in [-0.25, -0.2) is 0 Å². The lowest BCUT2D eigenvalue weighted by molar-refractivity contribution is -0.113. The van der Waals surface area contributed by atoms with Gasteiger partial charge < -0.3 is 15.1 Å². The molecule has 7 nitrogen and oxygen atoms in total. The predicted octanol–water partition coefficient (Wildman–Crippen LogP) is 5.58. The fourth-order valence-electron chi connectivity index (χ4n) is 3.69. The number of aromatic nitrogens is 2. The molecule has 0 aliphatic carbocycles. The first-order chi connectivity index (χ1) is 16.9. The third kappa shape index (κ3) is 6.36. The zero-order chi connectivity index (χ0) is 24.8. The van der Waals surface area contributed by atoms with E-state index in [2.05, 4.69) is 26.9 Å². The van der Waals surface area contributed by atoms with Crippen molar-refractivity contribution < 1.29 is 14.0 Å². The summed E-state index contributed by atoms with van der Waals surface area (Å²) in [6.07, 6.45) is 0. The molecule has 0 saturated heterocycles. The van der Waals surface area contributed by atoms with Crippen LogP contribution >= 0.6 is 11.8 Å². The van der Waals surface area contributed by atoms with Gasteiger partial charge in [-0.15, -0.1) is 10.2 Å². The highest BCUT2D eigenvalue weighted by molar-refractivity contribution is 7.99. The van der Waals surface area contributed by atoms with Crippen molar-refractivity contribution >= 4 is 29.3 Å². The van der Waals surface area contributed by atoms with Crippen LogP contribution in [0.15, 0.2) is 82.4 Å². The highest BCUT2D eigenvalue weighted by Gasteiger charge is 2.17. The van der Waals surface area contributed by atoms with Gasteiger partial charge in [0.25, 0.3) is 11.1 Å². The number of rotatable bonds is 8. The van der Waals surface area contributed by atoms with Crippen LogP contribution in [-0.2, 0) is 4.79 Å². The molecule has 4 rings (SSSR count). The Bertz CT molecular complexity index is 1320. The Kier molecular flexibility index (Phi) is 7.62. The van der Waals surface area contributed by atoms with E-state index >= 15 is 0 Å². The zero-order valence-corrected chi connectivity index (χ0v) is 20.6. The highest BCUT2D eigenvalue weighted by Crippen LogP contribution is 2.25. The van der Waals surface area contributed by atoms with E-state index in [4.69, 9.17) is 4.42 Å². The molecule has 0 bridgehead atoms. The predicted molar refractivity (Wildman–Crippen MR) is 137 cm³/mol. The first-order valence-corrected chi connectivity index (χ1v) is 12.2. The number of amides is 2. The molecular formula is C27H26N4O3S. The number of nitrogens with zero attached hydrogens (tertiary/aromatic N) is 2. The Morgan fingerprint density at radius 1 is 0.943 bits per heavy atom. The van der Waals surface area contributed by atoms with Crippen LogP contribution in [0.5, 0.6) is 0 Å². The molecule has 0 unspecified atom stereocenters. The SMILES string of the molecule is Cc1cc(C)cc(-c2nnc(SCC(=O)Nc3ccccc3C(=O)N[C@H](C)c3ccccc3)o2)c1. The Balaban J connectivity index is 1.37. The molecule has 178 valence electrons. The molecule has 0 radical (unpaired) electrons. The Hall–Kier alpha value is -3.91. The number of hydrogen-bond donors (Lipinski definition) is 2. The number of anilines is 1. The maximum Gasteiger partial charge on any atom is 0.277 e. The summed E-state index contributed by atoms with van der Waals surface area (Å²) in [5.41, 5.74) is 4.88. The third-order valence-electron chi connectivity index (χ3n) is 5.29. The molecule has 1 aromatic heterocycles. The van der Waals surface area contributed by atoms with E-state index in [1.54, 1.807) is 24.3 Å². The van der Waals surface area contributed by atoms with Gasteiger partial charge in [-0.3, -0.25) is 9.59 Å². The fourth-order valence-corrected chi connectivity index (χ4v) is 4.25. The number of benzene rings is 3. The Labute approximate surface area is 208 Å². The second kappa shape index (κ2) is 11.0. The van der Waals surface area contributed by atoms with Gasteiger partial charge in [0.05, 0.1) is 23.0 Å². The number of carbonyl (C=O) groups is 2. The van der Waals surface area contributed by atoms with E-state index < -0.39 is 0 Å². The fraction of sp³-hybridized carbons (Fsp3) is 0.185. The van der Waals surface area contributed by atoms with E-state index in [0.717, 1.165) is 34.0 Å². The highest BCUT2D eigenvalue weighted by atomic mass is 32.2. The number of hydrogen-bond acceptors (Lipinski definition) is 6. The lowest BCUT2D eigenvalue weighted by atomic mass is 10.1. The van der Waals surface area contributed by atoms with E-state index in [9.17, 15) is 9.59 Å². The normalized spacial score (nSPS) is 11.6. The number of para-hydroxylation sites is 1. The van der Waals surface area contributed by atoms with E-state index in [1.807, 2.05) is 63.2 Å². The van der Waals surface area contributed by atoms with Gasteiger partial charge in [0.15, 0.2) is 0 Å². The maximum absolute atomic E-state index is 12.9. The van der Waals surface area contributed by atoms with Crippen molar-refractivity contribution in [1.82, 2.24) is 15.5 Å². The molecule has 4 aromatic rings. The van der Waals surface area contributed by atoms with E-state index in [1.165, 1.54) is 0 Å². The Morgan fingerprint density at radius 2 is 1.63 bits per heavy atom. The van der Waals surface area contributed by atoms with Crippen LogP contribution in [0.2, 0.25) is 0 Å². The minimum absolute atomic E-state index is 0.0604. The molecule has 0 aliphatic rings. The van der Waals surface area contributed by atoms with Crippen LogP contribution < -0.4 is 10.6 Å². The number of carbonyl (C=O) groups excluding carboxylic acids is 2. The third-order valence-corrected chi connectivity index (χ3v) is 6.11. The topological polar surface area (TPSA) is 97.1 Å².